The number of carbonyl (C=O) groups is 1. The number of rotatable bonds is 2. The van der Waals surface area contributed by atoms with Crippen LogP contribution < -0.4 is 5.32 Å². The highest BCUT2D eigenvalue weighted by Crippen LogP contribution is 2.29. The molecule has 0 atom stereocenters. The Morgan fingerprint density at radius 1 is 1.33 bits per heavy atom. The quantitative estimate of drug-likeness (QED) is 0.476. The third kappa shape index (κ3) is 3.19. The molecule has 1 aromatic carbocycles. The maximum atomic E-state index is 13.2. The molecule has 4 N–H and O–H groups in total. The van der Waals surface area contributed by atoms with Crippen molar-refractivity contribution in [2.75, 3.05) is 0 Å². The Labute approximate surface area is 104 Å². The Bertz CT molecular complexity index is 484. The summed E-state index contributed by atoms with van der Waals surface area (Å²) in [6.45, 7) is 5.23. The standard InChI is InChI=1S/C12H15FN2O3/c1-12(2,3)15-11(18)9(14)6-4-7(13)10(17)8(16)5-6/h4-5,14,16-17H,1-3H3,(H,15,18). The molecule has 0 aliphatic heterocycles. The molecule has 0 heterocycles. The molecule has 1 aromatic rings. The largest absolute Gasteiger partial charge is 0.504 e. The molecule has 5 nitrogen and oxygen atoms in total. The van der Waals surface area contributed by atoms with Crippen LogP contribution in [0.1, 0.15) is 26.3 Å². The van der Waals surface area contributed by atoms with E-state index in [1.165, 1.54) is 0 Å². The zero-order chi connectivity index (χ0) is 14.1. The third-order valence-electron chi connectivity index (χ3n) is 2.05. The molecule has 0 aliphatic carbocycles. The van der Waals surface area contributed by atoms with Gasteiger partial charge in [-0.3, -0.25) is 10.2 Å². The van der Waals surface area contributed by atoms with Crippen molar-refractivity contribution in [2.24, 2.45) is 0 Å². The van der Waals surface area contributed by atoms with Crippen LogP contribution in [0.15, 0.2) is 12.1 Å². The first kappa shape index (κ1) is 14.0. The number of hydrogen-bond acceptors (Lipinski definition) is 4. The number of phenols is 2. The number of phenolic OH excluding ortho intramolecular Hbond substituents is 2. The van der Waals surface area contributed by atoms with Crippen LogP contribution in [0, 0.1) is 11.2 Å². The number of halogens is 1. The summed E-state index contributed by atoms with van der Waals surface area (Å²) in [5, 5.41) is 28.4. The molecule has 0 bridgehead atoms. The minimum Gasteiger partial charge on any atom is -0.504 e. The summed E-state index contributed by atoms with van der Waals surface area (Å²) in [4.78, 5) is 11.7. The Kier molecular flexibility index (Phi) is 3.59. The van der Waals surface area contributed by atoms with Gasteiger partial charge in [-0.2, -0.15) is 0 Å². The molecule has 0 fully saturated rings. The molecule has 0 unspecified atom stereocenters. The first-order valence-electron chi connectivity index (χ1n) is 5.25. The average Bonchev–Trinajstić information content (AvgIpc) is 2.21. The van der Waals surface area contributed by atoms with E-state index in [1.807, 2.05) is 0 Å². The monoisotopic (exact) mass is 254 g/mol. The highest BCUT2D eigenvalue weighted by Gasteiger charge is 2.20. The molecule has 98 valence electrons. The van der Waals surface area contributed by atoms with Crippen molar-refractivity contribution >= 4 is 11.6 Å². The van der Waals surface area contributed by atoms with E-state index in [0.29, 0.717) is 0 Å². The predicted molar refractivity (Wildman–Crippen MR) is 64.5 cm³/mol. The Morgan fingerprint density at radius 3 is 2.33 bits per heavy atom. The van der Waals surface area contributed by atoms with Crippen molar-refractivity contribution < 1.29 is 19.4 Å². The number of amides is 1. The second-order valence-electron chi connectivity index (χ2n) is 4.90. The summed E-state index contributed by atoms with van der Waals surface area (Å²) in [5.74, 6) is -3.38. The van der Waals surface area contributed by atoms with Crippen LogP contribution in [0.25, 0.3) is 0 Å². The van der Waals surface area contributed by atoms with Gasteiger partial charge in [-0.05, 0) is 32.9 Å². The lowest BCUT2D eigenvalue weighted by atomic mass is 10.1. The number of nitrogens with one attached hydrogen (secondary N) is 2. The molecule has 0 radical (unpaired) electrons. The van der Waals surface area contributed by atoms with Crippen molar-refractivity contribution in [3.63, 3.8) is 0 Å². The van der Waals surface area contributed by atoms with Gasteiger partial charge in [0, 0.05) is 11.1 Å². The van der Waals surface area contributed by atoms with E-state index in [4.69, 9.17) is 10.5 Å². The smallest absolute Gasteiger partial charge is 0.270 e. The van der Waals surface area contributed by atoms with E-state index in [0.717, 1.165) is 12.1 Å². The summed E-state index contributed by atoms with van der Waals surface area (Å²) in [6.07, 6.45) is 0. The normalized spacial score (nSPS) is 11.1. The Hall–Kier alpha value is -2.11. The zero-order valence-electron chi connectivity index (χ0n) is 10.3. The van der Waals surface area contributed by atoms with Crippen LogP contribution in [-0.2, 0) is 4.79 Å². The summed E-state index contributed by atoms with van der Waals surface area (Å²) < 4.78 is 13.2. The topological polar surface area (TPSA) is 93.4 Å². The van der Waals surface area contributed by atoms with E-state index >= 15 is 0 Å². The summed E-state index contributed by atoms with van der Waals surface area (Å²) >= 11 is 0. The van der Waals surface area contributed by atoms with Gasteiger partial charge in [0.05, 0.1) is 0 Å². The number of hydrogen-bond donors (Lipinski definition) is 4. The Balaban J connectivity index is 3.02. The van der Waals surface area contributed by atoms with Crippen molar-refractivity contribution in [1.82, 2.24) is 5.32 Å². The maximum absolute atomic E-state index is 13.2. The molecule has 0 aromatic heterocycles. The predicted octanol–water partition coefficient (Wildman–Crippen LogP) is 1.52. The second kappa shape index (κ2) is 4.64. The first-order chi connectivity index (χ1) is 8.11. The van der Waals surface area contributed by atoms with Gasteiger partial charge in [0.25, 0.3) is 5.91 Å². The van der Waals surface area contributed by atoms with E-state index in [9.17, 15) is 14.3 Å². The second-order valence-corrected chi connectivity index (χ2v) is 4.90. The molecule has 1 rings (SSSR count). The van der Waals surface area contributed by atoms with Gasteiger partial charge in [0.2, 0.25) is 0 Å². The summed E-state index contributed by atoms with van der Waals surface area (Å²) in [5.41, 5.74) is -1.12. The van der Waals surface area contributed by atoms with E-state index in [-0.39, 0.29) is 5.56 Å². The molecule has 6 heteroatoms. The van der Waals surface area contributed by atoms with Crippen LogP contribution in [0.5, 0.6) is 11.5 Å². The summed E-state index contributed by atoms with van der Waals surface area (Å²) in [6, 6.07) is 1.78. The van der Waals surface area contributed by atoms with Crippen LogP contribution in [0.2, 0.25) is 0 Å². The van der Waals surface area contributed by atoms with Crippen molar-refractivity contribution in [1.29, 1.82) is 5.41 Å². The molecule has 0 saturated carbocycles. The van der Waals surface area contributed by atoms with Crippen molar-refractivity contribution in [3.05, 3.63) is 23.5 Å². The highest BCUT2D eigenvalue weighted by molar-refractivity contribution is 6.44. The van der Waals surface area contributed by atoms with E-state index in [2.05, 4.69) is 5.32 Å². The van der Waals surface area contributed by atoms with Crippen LogP contribution in [0.4, 0.5) is 4.39 Å². The van der Waals surface area contributed by atoms with E-state index in [1.54, 1.807) is 20.8 Å². The molecule has 18 heavy (non-hydrogen) atoms. The van der Waals surface area contributed by atoms with Crippen LogP contribution in [-0.4, -0.2) is 27.4 Å². The molecule has 0 saturated heterocycles. The SMILES string of the molecule is CC(C)(C)NC(=O)C(=N)c1cc(O)c(O)c(F)c1. The average molecular weight is 254 g/mol. The van der Waals surface area contributed by atoms with Crippen molar-refractivity contribution in [2.45, 2.75) is 26.3 Å². The van der Waals surface area contributed by atoms with Gasteiger partial charge >= 0.3 is 0 Å². The highest BCUT2D eigenvalue weighted by atomic mass is 19.1. The van der Waals surface area contributed by atoms with Gasteiger partial charge in [0.15, 0.2) is 17.3 Å². The van der Waals surface area contributed by atoms with Gasteiger partial charge < -0.3 is 15.5 Å². The summed E-state index contributed by atoms with van der Waals surface area (Å²) in [7, 11) is 0. The molecular formula is C12H15FN2O3. The maximum Gasteiger partial charge on any atom is 0.270 e. The third-order valence-corrected chi connectivity index (χ3v) is 2.05. The fourth-order valence-electron chi connectivity index (χ4n) is 1.26. The van der Waals surface area contributed by atoms with Crippen molar-refractivity contribution in [3.8, 4) is 11.5 Å². The molecular weight excluding hydrogens is 239 g/mol. The minimum atomic E-state index is -1.08. The first-order valence-corrected chi connectivity index (χ1v) is 5.25. The van der Waals surface area contributed by atoms with Crippen LogP contribution in [0.3, 0.4) is 0 Å². The number of carbonyl (C=O) groups excluding carboxylic acids is 1. The lowest BCUT2D eigenvalue weighted by Crippen LogP contribution is -2.44. The Morgan fingerprint density at radius 2 is 1.89 bits per heavy atom. The molecule has 0 aliphatic rings. The zero-order valence-corrected chi connectivity index (χ0v) is 10.3. The number of benzene rings is 1. The van der Waals surface area contributed by atoms with Gasteiger partial charge in [-0.25, -0.2) is 4.39 Å². The van der Waals surface area contributed by atoms with Gasteiger partial charge in [-0.15, -0.1) is 0 Å². The van der Waals surface area contributed by atoms with E-state index < -0.39 is 34.5 Å². The fraction of sp³-hybridized carbons (Fsp3) is 0.333. The van der Waals surface area contributed by atoms with Gasteiger partial charge in [-0.1, -0.05) is 0 Å². The molecule has 0 spiro atoms. The fourth-order valence-corrected chi connectivity index (χ4v) is 1.26. The molecule has 1 amide bonds. The lowest BCUT2D eigenvalue weighted by molar-refractivity contribution is -0.116. The lowest BCUT2D eigenvalue weighted by Gasteiger charge is -2.20. The number of aromatic hydroxyl groups is 2. The van der Waals surface area contributed by atoms with Gasteiger partial charge in [0.1, 0.15) is 5.71 Å². The van der Waals surface area contributed by atoms with Crippen LogP contribution >= 0.6 is 0 Å². The minimum absolute atomic E-state index is 0.107.